The second kappa shape index (κ2) is 10.7. The first kappa shape index (κ1) is 22.6. The second-order valence-corrected chi connectivity index (χ2v) is 10.1. The third-order valence-electron chi connectivity index (χ3n) is 5.35. The van der Waals surface area contributed by atoms with Crippen LogP contribution in [0.15, 0.2) is 24.3 Å². The average molecular weight is 407 g/mol. The first-order valence-electron chi connectivity index (χ1n) is 10.4. The third kappa shape index (κ3) is 6.43. The van der Waals surface area contributed by atoms with Gasteiger partial charge in [0, 0.05) is 33.4 Å². The summed E-state index contributed by atoms with van der Waals surface area (Å²) >= 11 is 0. The fourth-order valence-corrected chi connectivity index (χ4v) is 5.17. The number of aryl methyl sites for hydroxylation is 1. The Bertz CT molecular complexity index is 705. The van der Waals surface area contributed by atoms with Crippen LogP contribution in [0.4, 0.5) is 0 Å². The molecule has 0 heterocycles. The average Bonchev–Trinajstić information content (AvgIpc) is 2.66. The van der Waals surface area contributed by atoms with Crippen molar-refractivity contribution < 1.29 is 13.8 Å². The van der Waals surface area contributed by atoms with Gasteiger partial charge in [0.05, 0.1) is 0 Å². The van der Waals surface area contributed by atoms with Crippen molar-refractivity contribution in [3.05, 3.63) is 35.4 Å². The summed E-state index contributed by atoms with van der Waals surface area (Å²) in [5, 5.41) is 6.21. The van der Waals surface area contributed by atoms with Crippen molar-refractivity contribution in [2.75, 3.05) is 5.75 Å². The van der Waals surface area contributed by atoms with Crippen LogP contribution in [0.3, 0.4) is 0 Å². The Hall–Kier alpha value is -1.69. The lowest BCUT2D eigenvalue weighted by Gasteiger charge is -2.31. The van der Waals surface area contributed by atoms with Crippen molar-refractivity contribution >= 4 is 22.6 Å². The van der Waals surface area contributed by atoms with Gasteiger partial charge in [-0.05, 0) is 50.2 Å². The molecule has 0 radical (unpaired) electrons. The highest BCUT2D eigenvalue weighted by Crippen LogP contribution is 2.23. The number of rotatable bonds is 8. The maximum absolute atomic E-state index is 12.9. The molecule has 6 heteroatoms. The highest BCUT2D eigenvalue weighted by molar-refractivity contribution is 7.85. The molecule has 0 aliphatic heterocycles. The molecule has 1 saturated carbocycles. The summed E-state index contributed by atoms with van der Waals surface area (Å²) in [6, 6.07) is 6.86. The maximum atomic E-state index is 12.9. The summed E-state index contributed by atoms with van der Waals surface area (Å²) in [5.41, 5.74) is 1.49. The summed E-state index contributed by atoms with van der Waals surface area (Å²) in [4.78, 5) is 25.6. The molecule has 0 saturated heterocycles. The van der Waals surface area contributed by atoms with Crippen LogP contribution in [0, 0.1) is 12.8 Å². The second-order valence-electron chi connectivity index (χ2n) is 8.13. The number of amides is 2. The molecule has 2 rings (SSSR count). The minimum absolute atomic E-state index is 0.0341. The number of benzene rings is 1. The first-order valence-corrected chi connectivity index (χ1v) is 11.7. The lowest BCUT2D eigenvalue weighted by molar-refractivity contribution is -0.124. The van der Waals surface area contributed by atoms with E-state index in [4.69, 9.17) is 0 Å². The van der Waals surface area contributed by atoms with E-state index in [1.807, 2.05) is 45.9 Å². The van der Waals surface area contributed by atoms with Gasteiger partial charge in [0.15, 0.2) is 0 Å². The molecule has 156 valence electrons. The Labute approximate surface area is 171 Å². The molecule has 0 bridgehead atoms. The predicted molar refractivity (Wildman–Crippen MR) is 115 cm³/mol. The Morgan fingerprint density at radius 3 is 2.57 bits per heavy atom. The standard InChI is InChI=1S/C22H34N2O3S/c1-5-28(27)18-11-8-10-17(14-18)23-22(26)20(13-15(2)3)24-21(25)19-12-7-6-9-16(19)4/h6-7,9,12,15,17-18,20H,5,8,10-11,13-14H2,1-4H3,(H,23,26)(H,24,25)/t17-,18-,20+,28+/m1/s1. The van der Waals surface area contributed by atoms with Crippen molar-refractivity contribution in [3.63, 3.8) is 0 Å². The van der Waals surface area contributed by atoms with Crippen molar-refractivity contribution in [1.29, 1.82) is 0 Å². The minimum atomic E-state index is -0.826. The van der Waals surface area contributed by atoms with Gasteiger partial charge in [-0.25, -0.2) is 0 Å². The summed E-state index contributed by atoms with van der Waals surface area (Å²) < 4.78 is 12.2. The van der Waals surface area contributed by atoms with E-state index in [-0.39, 0.29) is 29.0 Å². The monoisotopic (exact) mass is 406 g/mol. The lowest BCUT2D eigenvalue weighted by atomic mass is 9.94. The Morgan fingerprint density at radius 1 is 1.21 bits per heavy atom. The van der Waals surface area contributed by atoms with E-state index in [0.717, 1.165) is 31.2 Å². The van der Waals surface area contributed by atoms with E-state index in [1.165, 1.54) is 0 Å². The summed E-state index contributed by atoms with van der Waals surface area (Å²) in [6.45, 7) is 7.92. The number of carbonyl (C=O) groups is 2. The van der Waals surface area contributed by atoms with Crippen LogP contribution in [0.2, 0.25) is 0 Å². The first-order chi connectivity index (χ1) is 13.3. The molecule has 1 aromatic carbocycles. The maximum Gasteiger partial charge on any atom is 0.252 e. The number of hydrogen-bond acceptors (Lipinski definition) is 3. The van der Waals surface area contributed by atoms with Gasteiger partial charge in [-0.15, -0.1) is 0 Å². The molecule has 1 aromatic rings. The van der Waals surface area contributed by atoms with Crippen LogP contribution < -0.4 is 10.6 Å². The Morgan fingerprint density at radius 2 is 1.93 bits per heavy atom. The van der Waals surface area contributed by atoms with Gasteiger partial charge in [-0.2, -0.15) is 0 Å². The van der Waals surface area contributed by atoms with E-state index in [0.29, 0.717) is 17.7 Å². The molecule has 1 aliphatic rings. The highest BCUT2D eigenvalue weighted by Gasteiger charge is 2.29. The van der Waals surface area contributed by atoms with Gasteiger partial charge < -0.3 is 10.6 Å². The predicted octanol–water partition coefficient (Wildman–Crippen LogP) is 3.34. The van der Waals surface area contributed by atoms with Crippen LogP contribution in [0.5, 0.6) is 0 Å². The van der Waals surface area contributed by atoms with E-state index < -0.39 is 16.8 Å². The third-order valence-corrected chi connectivity index (χ3v) is 7.09. The molecule has 2 amide bonds. The number of hydrogen-bond donors (Lipinski definition) is 2. The molecular weight excluding hydrogens is 372 g/mol. The summed E-state index contributed by atoms with van der Waals surface area (Å²) in [5.74, 6) is 0.587. The van der Waals surface area contributed by atoms with Gasteiger partial charge in [0.2, 0.25) is 5.91 Å². The molecule has 0 spiro atoms. The van der Waals surface area contributed by atoms with Crippen molar-refractivity contribution in [1.82, 2.24) is 10.6 Å². The van der Waals surface area contributed by atoms with Crippen molar-refractivity contribution in [3.8, 4) is 0 Å². The molecule has 5 nitrogen and oxygen atoms in total. The van der Waals surface area contributed by atoms with Gasteiger partial charge in [-0.1, -0.05) is 45.4 Å². The van der Waals surface area contributed by atoms with Crippen LogP contribution in [0.25, 0.3) is 0 Å². The fourth-order valence-electron chi connectivity index (χ4n) is 3.82. The van der Waals surface area contributed by atoms with Crippen LogP contribution in [0.1, 0.15) is 68.8 Å². The lowest BCUT2D eigenvalue weighted by Crippen LogP contribution is -2.51. The molecular formula is C22H34N2O3S. The Kier molecular flexibility index (Phi) is 8.67. The topological polar surface area (TPSA) is 75.3 Å². The molecule has 28 heavy (non-hydrogen) atoms. The zero-order chi connectivity index (χ0) is 20.7. The number of carbonyl (C=O) groups excluding carboxylic acids is 2. The van der Waals surface area contributed by atoms with Gasteiger partial charge in [0.1, 0.15) is 6.04 Å². The normalized spacial score (nSPS) is 21.8. The van der Waals surface area contributed by atoms with E-state index >= 15 is 0 Å². The molecule has 4 atom stereocenters. The molecule has 0 unspecified atom stereocenters. The van der Waals surface area contributed by atoms with Crippen molar-refractivity contribution in [2.24, 2.45) is 5.92 Å². The molecule has 1 fully saturated rings. The van der Waals surface area contributed by atoms with E-state index in [9.17, 15) is 13.8 Å². The fraction of sp³-hybridized carbons (Fsp3) is 0.636. The Balaban J connectivity index is 2.03. The van der Waals surface area contributed by atoms with Gasteiger partial charge >= 0.3 is 0 Å². The van der Waals surface area contributed by atoms with Crippen LogP contribution in [-0.2, 0) is 15.6 Å². The van der Waals surface area contributed by atoms with Crippen LogP contribution in [-0.4, -0.2) is 39.1 Å². The van der Waals surface area contributed by atoms with Gasteiger partial charge in [-0.3, -0.25) is 13.8 Å². The minimum Gasteiger partial charge on any atom is -0.352 e. The molecule has 0 aromatic heterocycles. The SMILES string of the molecule is CC[S@](=O)[C@@H]1CCC[C@@H](NC(=O)[C@H](CC(C)C)NC(=O)c2ccccc2C)C1. The quantitative estimate of drug-likeness (QED) is 0.695. The summed E-state index contributed by atoms with van der Waals surface area (Å²) in [6.07, 6.45) is 4.19. The smallest absolute Gasteiger partial charge is 0.252 e. The zero-order valence-corrected chi connectivity index (χ0v) is 18.3. The van der Waals surface area contributed by atoms with Gasteiger partial charge in [0.25, 0.3) is 5.91 Å². The zero-order valence-electron chi connectivity index (χ0n) is 17.5. The van der Waals surface area contributed by atoms with Crippen molar-refractivity contribution in [2.45, 2.75) is 77.1 Å². The molecule has 2 N–H and O–H groups in total. The highest BCUT2D eigenvalue weighted by atomic mass is 32.2. The van der Waals surface area contributed by atoms with Crippen LogP contribution >= 0.6 is 0 Å². The van der Waals surface area contributed by atoms with E-state index in [2.05, 4.69) is 10.6 Å². The number of nitrogens with one attached hydrogen (secondary N) is 2. The largest absolute Gasteiger partial charge is 0.352 e. The molecule has 1 aliphatic carbocycles. The van der Waals surface area contributed by atoms with E-state index in [1.54, 1.807) is 6.07 Å². The summed E-state index contributed by atoms with van der Waals surface area (Å²) in [7, 11) is -0.826.